The number of halogens is 2. The van der Waals surface area contributed by atoms with E-state index in [0.29, 0.717) is 12.1 Å². The molecule has 1 saturated carbocycles. The zero-order chi connectivity index (χ0) is 20.8. The number of benzene rings is 1. The highest BCUT2D eigenvalue weighted by molar-refractivity contribution is 7.83. The van der Waals surface area contributed by atoms with Crippen LogP contribution in [-0.4, -0.2) is 19.0 Å². The van der Waals surface area contributed by atoms with Crippen LogP contribution in [0.15, 0.2) is 36.7 Å². The lowest BCUT2D eigenvalue weighted by molar-refractivity contribution is 0.349. The number of nitrogens with zero attached hydrogens (tertiary/aromatic N) is 2. The van der Waals surface area contributed by atoms with E-state index < -0.39 is 22.6 Å². The highest BCUT2D eigenvalue weighted by Gasteiger charge is 2.28. The number of aromatic nitrogens is 2. The van der Waals surface area contributed by atoms with Gasteiger partial charge in [-0.05, 0) is 29.9 Å². The maximum absolute atomic E-state index is 14.3. The molecule has 1 unspecified atom stereocenters. The van der Waals surface area contributed by atoms with E-state index in [2.05, 4.69) is 41.2 Å². The van der Waals surface area contributed by atoms with Crippen LogP contribution in [0, 0.1) is 17.0 Å². The van der Waals surface area contributed by atoms with E-state index >= 15 is 0 Å². The molecule has 0 aliphatic heterocycles. The number of hydrogen-bond donors (Lipinski definition) is 1. The Morgan fingerprint density at radius 3 is 2.66 bits per heavy atom. The van der Waals surface area contributed by atoms with Crippen LogP contribution in [0.1, 0.15) is 39.2 Å². The normalized spacial score (nSPS) is 15.8. The maximum Gasteiger partial charge on any atom is 0.152 e. The molecule has 2 heterocycles. The summed E-state index contributed by atoms with van der Waals surface area (Å²) in [6.07, 6.45) is 5.14. The Hall–Kier alpha value is -2.12. The molecule has 1 aliphatic carbocycles. The summed E-state index contributed by atoms with van der Waals surface area (Å²) in [5.74, 6) is -1.37. The molecule has 3 aromatic rings. The Morgan fingerprint density at radius 2 is 2.00 bits per heavy atom. The average Bonchev–Trinajstić information content (AvgIpc) is 3.43. The molecule has 29 heavy (non-hydrogen) atoms. The van der Waals surface area contributed by atoms with E-state index in [0.717, 1.165) is 48.1 Å². The molecule has 0 saturated heterocycles. The van der Waals surface area contributed by atoms with Gasteiger partial charge in [0.2, 0.25) is 0 Å². The van der Waals surface area contributed by atoms with Gasteiger partial charge in [-0.25, -0.2) is 17.7 Å². The van der Waals surface area contributed by atoms with Gasteiger partial charge in [0, 0.05) is 47.1 Å². The summed E-state index contributed by atoms with van der Waals surface area (Å²) in [7, 11) is -1.01. The molecule has 0 amide bonds. The van der Waals surface area contributed by atoms with Crippen LogP contribution < -0.4 is 4.72 Å². The van der Waals surface area contributed by atoms with Crippen LogP contribution in [0.5, 0.6) is 0 Å². The van der Waals surface area contributed by atoms with Crippen molar-refractivity contribution in [3.8, 4) is 11.3 Å². The summed E-state index contributed by atoms with van der Waals surface area (Å²) in [5, 5.41) is 1.30. The summed E-state index contributed by atoms with van der Waals surface area (Å²) in [6.45, 7) is 7.76. The second-order valence-corrected chi connectivity index (χ2v) is 10.4. The molecular formula is C22H25F2N3OS. The molecule has 7 heteroatoms. The van der Waals surface area contributed by atoms with Crippen molar-refractivity contribution >= 4 is 21.9 Å². The largest absolute Gasteiger partial charge is 0.347 e. The van der Waals surface area contributed by atoms with Crippen LogP contribution in [0.25, 0.3) is 22.2 Å². The molecule has 4 rings (SSSR count). The first kappa shape index (κ1) is 20.2. The van der Waals surface area contributed by atoms with Crippen molar-refractivity contribution in [1.29, 1.82) is 0 Å². The molecule has 2 aromatic heterocycles. The molecule has 4 nitrogen and oxygen atoms in total. The minimum Gasteiger partial charge on any atom is -0.347 e. The van der Waals surface area contributed by atoms with Gasteiger partial charge in [0.05, 0.1) is 17.2 Å². The van der Waals surface area contributed by atoms with E-state index in [9.17, 15) is 13.0 Å². The van der Waals surface area contributed by atoms with Crippen molar-refractivity contribution in [2.75, 3.05) is 0 Å². The van der Waals surface area contributed by atoms with Gasteiger partial charge in [-0.2, -0.15) is 0 Å². The molecule has 1 N–H and O–H groups in total. The molecule has 0 spiro atoms. The minimum absolute atomic E-state index is 0.0445. The molecular weight excluding hydrogens is 392 g/mol. The van der Waals surface area contributed by atoms with Gasteiger partial charge in [-0.15, -0.1) is 0 Å². The zero-order valence-corrected chi connectivity index (χ0v) is 17.7. The summed E-state index contributed by atoms with van der Waals surface area (Å²) in [5.41, 5.74) is 2.79. The first-order valence-corrected chi connectivity index (χ1v) is 11.0. The first-order valence-electron chi connectivity index (χ1n) is 9.78. The van der Waals surface area contributed by atoms with Crippen LogP contribution in [-0.2, 0) is 24.1 Å². The number of hydrogen-bond acceptors (Lipinski definition) is 2. The molecule has 154 valence electrons. The Labute approximate surface area is 171 Å². The van der Waals surface area contributed by atoms with Crippen LogP contribution >= 0.6 is 0 Å². The van der Waals surface area contributed by atoms with Crippen molar-refractivity contribution in [3.63, 3.8) is 0 Å². The van der Waals surface area contributed by atoms with Crippen LogP contribution in [0.4, 0.5) is 8.78 Å². The number of fused-ring (bicyclic) bond motifs is 1. The molecule has 1 aromatic carbocycles. The predicted octanol–water partition coefficient (Wildman–Crippen LogP) is 4.94. The van der Waals surface area contributed by atoms with Gasteiger partial charge >= 0.3 is 0 Å². The second kappa shape index (κ2) is 7.61. The van der Waals surface area contributed by atoms with E-state index in [1.54, 1.807) is 6.07 Å². The molecule has 1 aliphatic rings. The topological polar surface area (TPSA) is 46.9 Å². The van der Waals surface area contributed by atoms with Gasteiger partial charge in [0.1, 0.15) is 11.5 Å². The zero-order valence-electron chi connectivity index (χ0n) is 16.8. The van der Waals surface area contributed by atoms with E-state index in [1.807, 2.05) is 12.1 Å². The fourth-order valence-corrected chi connectivity index (χ4v) is 4.57. The van der Waals surface area contributed by atoms with Gasteiger partial charge in [0.25, 0.3) is 0 Å². The molecule has 0 radical (unpaired) electrons. The fourth-order valence-electron chi connectivity index (χ4n) is 3.47. The van der Waals surface area contributed by atoms with Gasteiger partial charge in [-0.1, -0.05) is 32.9 Å². The lowest BCUT2D eigenvalue weighted by atomic mass is 9.97. The number of rotatable bonds is 6. The molecule has 0 bridgehead atoms. The Morgan fingerprint density at radius 1 is 1.24 bits per heavy atom. The average molecular weight is 418 g/mol. The maximum atomic E-state index is 14.3. The standard InChI is InChI=1S/C22H25F2N3OS/c1-22(2,3)13-27-12-15(10-26-29(28)17-5-6-17)18-7-4-14(8-20(18)27)21-19(24)9-16(23)11-25-21/h4,7-9,11-12,17,26H,5-6,10,13H2,1-3H3. The summed E-state index contributed by atoms with van der Waals surface area (Å²) in [6, 6.07) is 6.48. The van der Waals surface area contributed by atoms with Gasteiger partial charge in [0.15, 0.2) is 5.82 Å². The van der Waals surface area contributed by atoms with Crippen molar-refractivity contribution in [3.05, 3.63) is 53.9 Å². The minimum atomic E-state index is -1.01. The SMILES string of the molecule is CC(C)(C)Cn1cc(CNS(=O)C2CC2)c2ccc(-c3ncc(F)cc3F)cc21. The third-order valence-electron chi connectivity index (χ3n) is 4.92. The van der Waals surface area contributed by atoms with Crippen molar-refractivity contribution in [2.45, 2.75) is 52.0 Å². The van der Waals surface area contributed by atoms with E-state index in [1.165, 1.54) is 0 Å². The highest BCUT2D eigenvalue weighted by atomic mass is 32.2. The summed E-state index contributed by atoms with van der Waals surface area (Å²) in [4.78, 5) is 3.94. The second-order valence-electron chi connectivity index (χ2n) is 8.88. The lowest BCUT2D eigenvalue weighted by Gasteiger charge is -2.20. The molecule has 1 fully saturated rings. The first-order chi connectivity index (χ1) is 13.7. The Balaban J connectivity index is 1.74. The Bertz CT molecular complexity index is 1080. The van der Waals surface area contributed by atoms with Crippen molar-refractivity contribution in [2.24, 2.45) is 5.41 Å². The summed E-state index contributed by atoms with van der Waals surface area (Å²) >= 11 is 0. The monoisotopic (exact) mass is 417 g/mol. The third kappa shape index (κ3) is 4.56. The van der Waals surface area contributed by atoms with E-state index in [-0.39, 0.29) is 16.4 Å². The Kier molecular flexibility index (Phi) is 5.29. The quantitative estimate of drug-likeness (QED) is 0.617. The van der Waals surface area contributed by atoms with Crippen LogP contribution in [0.3, 0.4) is 0 Å². The number of nitrogens with one attached hydrogen (secondary N) is 1. The van der Waals surface area contributed by atoms with Crippen molar-refractivity contribution < 1.29 is 13.0 Å². The predicted molar refractivity (Wildman–Crippen MR) is 113 cm³/mol. The van der Waals surface area contributed by atoms with E-state index in [4.69, 9.17) is 0 Å². The van der Waals surface area contributed by atoms with Crippen LogP contribution in [0.2, 0.25) is 0 Å². The number of pyridine rings is 1. The third-order valence-corrected chi connectivity index (χ3v) is 6.43. The fraction of sp³-hybridized carbons (Fsp3) is 0.409. The molecule has 1 atom stereocenters. The van der Waals surface area contributed by atoms with Gasteiger partial charge in [-0.3, -0.25) is 4.98 Å². The van der Waals surface area contributed by atoms with Gasteiger partial charge < -0.3 is 4.57 Å². The lowest BCUT2D eigenvalue weighted by Crippen LogP contribution is -2.19. The van der Waals surface area contributed by atoms with Crippen molar-refractivity contribution in [1.82, 2.24) is 14.3 Å². The smallest absolute Gasteiger partial charge is 0.152 e. The highest BCUT2D eigenvalue weighted by Crippen LogP contribution is 2.31. The summed E-state index contributed by atoms with van der Waals surface area (Å²) < 4.78 is 44.9.